The monoisotopic (exact) mass is 240 g/mol. The van der Waals surface area contributed by atoms with Crippen LogP contribution in [0.5, 0.6) is 11.5 Å². The maximum absolute atomic E-state index is 9.44. The predicted molar refractivity (Wildman–Crippen MR) is 69.7 cm³/mol. The molecule has 0 radical (unpaired) electrons. The number of hydrogen-bond acceptors (Lipinski definition) is 3. The summed E-state index contributed by atoms with van der Waals surface area (Å²) in [6.07, 6.45) is 0. The zero-order valence-electron chi connectivity index (χ0n) is 9.84. The van der Waals surface area contributed by atoms with E-state index in [1.54, 1.807) is 36.4 Å². The molecule has 3 heteroatoms. The first-order valence-corrected chi connectivity index (χ1v) is 5.66. The maximum Gasteiger partial charge on any atom is 0.138 e. The second-order valence-corrected chi connectivity index (χ2v) is 4.28. The third kappa shape index (κ3) is 1.61. The lowest BCUT2D eigenvalue weighted by Crippen LogP contribution is -1.76. The molecule has 0 aliphatic heterocycles. The topological polar surface area (TPSA) is 53.6 Å². The molecule has 2 N–H and O–H groups in total. The summed E-state index contributed by atoms with van der Waals surface area (Å²) in [6.45, 7) is 1.98. The van der Waals surface area contributed by atoms with Crippen molar-refractivity contribution >= 4 is 11.0 Å². The van der Waals surface area contributed by atoms with Crippen molar-refractivity contribution in [2.24, 2.45) is 0 Å². The van der Waals surface area contributed by atoms with Crippen molar-refractivity contribution < 1.29 is 14.6 Å². The van der Waals surface area contributed by atoms with Crippen LogP contribution in [-0.4, -0.2) is 10.2 Å². The molecule has 0 bridgehead atoms. The Balaban J connectivity index is 2.23. The second kappa shape index (κ2) is 3.81. The van der Waals surface area contributed by atoms with E-state index < -0.39 is 0 Å². The van der Waals surface area contributed by atoms with Gasteiger partial charge in [0.1, 0.15) is 22.8 Å². The molecule has 0 saturated heterocycles. The molecule has 3 aromatic rings. The van der Waals surface area contributed by atoms with Crippen LogP contribution in [0.25, 0.3) is 22.3 Å². The zero-order chi connectivity index (χ0) is 12.7. The van der Waals surface area contributed by atoms with Crippen LogP contribution >= 0.6 is 0 Å². The van der Waals surface area contributed by atoms with Crippen molar-refractivity contribution in [2.45, 2.75) is 6.92 Å². The average Bonchev–Trinajstić information content (AvgIpc) is 2.67. The van der Waals surface area contributed by atoms with E-state index in [1.165, 1.54) is 0 Å². The van der Waals surface area contributed by atoms with Crippen molar-refractivity contribution in [1.29, 1.82) is 0 Å². The van der Waals surface area contributed by atoms with Crippen molar-refractivity contribution in [3.05, 3.63) is 48.0 Å². The van der Waals surface area contributed by atoms with Gasteiger partial charge in [-0.3, -0.25) is 0 Å². The highest BCUT2D eigenvalue weighted by Gasteiger charge is 2.12. The van der Waals surface area contributed by atoms with Gasteiger partial charge < -0.3 is 14.6 Å². The fraction of sp³-hybridized carbons (Fsp3) is 0.0667. The molecule has 3 nitrogen and oxygen atoms in total. The summed E-state index contributed by atoms with van der Waals surface area (Å²) in [7, 11) is 0. The minimum absolute atomic E-state index is 0.188. The molecule has 2 aromatic carbocycles. The molecule has 0 fully saturated rings. The SMILES string of the molecule is Cc1c(-c2ccc(O)cc2)oc2cc(O)ccc12. The predicted octanol–water partition coefficient (Wildman–Crippen LogP) is 3.82. The van der Waals surface area contributed by atoms with E-state index in [4.69, 9.17) is 4.42 Å². The van der Waals surface area contributed by atoms with Gasteiger partial charge in [-0.2, -0.15) is 0 Å². The van der Waals surface area contributed by atoms with E-state index in [0.717, 1.165) is 22.3 Å². The first kappa shape index (κ1) is 10.7. The fourth-order valence-electron chi connectivity index (χ4n) is 2.10. The van der Waals surface area contributed by atoms with Gasteiger partial charge in [0.2, 0.25) is 0 Å². The lowest BCUT2D eigenvalue weighted by molar-refractivity contribution is 0.474. The molecular formula is C15H12O3. The smallest absolute Gasteiger partial charge is 0.138 e. The van der Waals surface area contributed by atoms with Gasteiger partial charge in [-0.05, 0) is 43.3 Å². The van der Waals surface area contributed by atoms with Crippen LogP contribution < -0.4 is 0 Å². The Labute approximate surface area is 104 Å². The van der Waals surface area contributed by atoms with Gasteiger partial charge >= 0.3 is 0 Å². The van der Waals surface area contributed by atoms with E-state index in [9.17, 15) is 10.2 Å². The van der Waals surface area contributed by atoms with Crippen LogP contribution in [0.3, 0.4) is 0 Å². The third-order valence-electron chi connectivity index (χ3n) is 3.05. The molecule has 0 unspecified atom stereocenters. The molecular weight excluding hydrogens is 228 g/mol. The van der Waals surface area contributed by atoms with Crippen molar-refractivity contribution in [3.8, 4) is 22.8 Å². The van der Waals surface area contributed by atoms with Gasteiger partial charge in [0.15, 0.2) is 0 Å². The number of rotatable bonds is 1. The minimum atomic E-state index is 0.188. The van der Waals surface area contributed by atoms with Gasteiger partial charge in [0.25, 0.3) is 0 Å². The van der Waals surface area contributed by atoms with E-state index >= 15 is 0 Å². The third-order valence-corrected chi connectivity index (χ3v) is 3.05. The van der Waals surface area contributed by atoms with Gasteiger partial charge in [-0.15, -0.1) is 0 Å². The Morgan fingerprint density at radius 3 is 2.28 bits per heavy atom. The molecule has 18 heavy (non-hydrogen) atoms. The molecule has 1 aromatic heterocycles. The molecule has 3 rings (SSSR count). The van der Waals surface area contributed by atoms with Crippen LogP contribution in [0, 0.1) is 6.92 Å². The Hall–Kier alpha value is -2.42. The number of furan rings is 1. The molecule has 0 spiro atoms. The molecule has 0 saturated carbocycles. The van der Waals surface area contributed by atoms with Crippen molar-refractivity contribution in [1.82, 2.24) is 0 Å². The standard InChI is InChI=1S/C15H12O3/c1-9-13-7-6-12(17)8-14(13)18-15(9)10-2-4-11(16)5-3-10/h2-8,16-17H,1H3. The summed E-state index contributed by atoms with van der Waals surface area (Å²) >= 11 is 0. The molecule has 0 atom stereocenters. The number of hydrogen-bond donors (Lipinski definition) is 2. The summed E-state index contributed by atoms with van der Waals surface area (Å²) < 4.78 is 5.76. The van der Waals surface area contributed by atoms with Gasteiger partial charge in [-0.1, -0.05) is 0 Å². The Morgan fingerprint density at radius 2 is 1.56 bits per heavy atom. The Kier molecular flexibility index (Phi) is 2.27. The molecule has 0 aliphatic carbocycles. The number of benzene rings is 2. The summed E-state index contributed by atoms with van der Waals surface area (Å²) in [5.74, 6) is 1.18. The largest absolute Gasteiger partial charge is 0.508 e. The summed E-state index contributed by atoms with van der Waals surface area (Å²) in [5, 5.41) is 19.7. The summed E-state index contributed by atoms with van der Waals surface area (Å²) in [6, 6.07) is 11.9. The van der Waals surface area contributed by atoms with Crippen LogP contribution in [0.2, 0.25) is 0 Å². The zero-order valence-corrected chi connectivity index (χ0v) is 9.84. The van der Waals surface area contributed by atoms with Gasteiger partial charge in [-0.25, -0.2) is 0 Å². The highest BCUT2D eigenvalue weighted by Crippen LogP contribution is 2.34. The number of aromatic hydroxyl groups is 2. The Morgan fingerprint density at radius 1 is 0.889 bits per heavy atom. The molecule has 1 heterocycles. The molecule has 0 amide bonds. The van der Waals surface area contributed by atoms with Gasteiger partial charge in [0.05, 0.1) is 0 Å². The average molecular weight is 240 g/mol. The molecule has 0 aliphatic rings. The van der Waals surface area contributed by atoms with E-state index in [2.05, 4.69) is 0 Å². The number of phenolic OH excluding ortho intramolecular Hbond substituents is 2. The quantitative estimate of drug-likeness (QED) is 0.679. The number of fused-ring (bicyclic) bond motifs is 1. The highest BCUT2D eigenvalue weighted by atomic mass is 16.3. The Bertz CT molecular complexity index is 708. The van der Waals surface area contributed by atoms with E-state index in [-0.39, 0.29) is 11.5 Å². The van der Waals surface area contributed by atoms with Crippen LogP contribution in [0.4, 0.5) is 0 Å². The second-order valence-electron chi connectivity index (χ2n) is 4.28. The lowest BCUT2D eigenvalue weighted by Gasteiger charge is -1.98. The highest BCUT2D eigenvalue weighted by molar-refractivity contribution is 5.88. The minimum Gasteiger partial charge on any atom is -0.508 e. The molecule has 90 valence electrons. The van der Waals surface area contributed by atoms with Crippen LogP contribution in [0.15, 0.2) is 46.9 Å². The summed E-state index contributed by atoms with van der Waals surface area (Å²) in [4.78, 5) is 0. The van der Waals surface area contributed by atoms with Crippen LogP contribution in [0.1, 0.15) is 5.56 Å². The van der Waals surface area contributed by atoms with Gasteiger partial charge in [0, 0.05) is 22.6 Å². The normalized spacial score (nSPS) is 10.9. The fourth-order valence-corrected chi connectivity index (χ4v) is 2.10. The lowest BCUT2D eigenvalue weighted by atomic mass is 10.1. The number of aryl methyl sites for hydroxylation is 1. The first-order valence-electron chi connectivity index (χ1n) is 5.66. The van der Waals surface area contributed by atoms with Crippen molar-refractivity contribution in [2.75, 3.05) is 0 Å². The summed E-state index contributed by atoms with van der Waals surface area (Å²) in [5.41, 5.74) is 2.59. The van der Waals surface area contributed by atoms with E-state index in [1.807, 2.05) is 13.0 Å². The van der Waals surface area contributed by atoms with Crippen LogP contribution in [-0.2, 0) is 0 Å². The maximum atomic E-state index is 9.44. The van der Waals surface area contributed by atoms with Crippen molar-refractivity contribution in [3.63, 3.8) is 0 Å². The van der Waals surface area contributed by atoms with E-state index in [0.29, 0.717) is 5.58 Å². The number of phenols is 2. The first-order chi connectivity index (χ1) is 8.65.